The first-order valence-electron chi connectivity index (χ1n) is 9.20. The Kier molecular flexibility index (Phi) is 12.5. The fourth-order valence-corrected chi connectivity index (χ4v) is 3.61. The lowest BCUT2D eigenvalue weighted by molar-refractivity contribution is 0.100. The topological polar surface area (TPSA) is 51.2 Å². The SMILES string of the molecule is CC(=O)c1cc(Cl)cc(Cl)c1.CC(=O)c1ccc(Cl)c(Cl)c1.CC(=O)c1ccc(Cl)cc1Cl. The zero-order valence-corrected chi connectivity index (χ0v) is 22.2. The molecule has 0 radical (unpaired) electrons. The van der Waals surface area contributed by atoms with E-state index in [1.807, 2.05) is 0 Å². The second-order valence-corrected chi connectivity index (χ2v) is 9.11. The van der Waals surface area contributed by atoms with Crippen LogP contribution in [-0.4, -0.2) is 17.3 Å². The number of Topliss-reactive ketones (excluding diaryl/α,β-unsaturated/α-hetero) is 3. The van der Waals surface area contributed by atoms with Gasteiger partial charge in [0.2, 0.25) is 0 Å². The van der Waals surface area contributed by atoms with Gasteiger partial charge in [0.15, 0.2) is 17.3 Å². The minimum atomic E-state index is -0.0494. The van der Waals surface area contributed by atoms with E-state index >= 15 is 0 Å². The van der Waals surface area contributed by atoms with Gasteiger partial charge < -0.3 is 0 Å². The van der Waals surface area contributed by atoms with Crippen LogP contribution in [-0.2, 0) is 0 Å². The van der Waals surface area contributed by atoms with Crippen LogP contribution >= 0.6 is 69.6 Å². The third kappa shape index (κ3) is 10.5. The Bertz CT molecular complexity index is 1150. The van der Waals surface area contributed by atoms with Crippen LogP contribution in [0.2, 0.25) is 30.1 Å². The van der Waals surface area contributed by atoms with Gasteiger partial charge in [0, 0.05) is 31.8 Å². The molecule has 0 aromatic heterocycles. The van der Waals surface area contributed by atoms with Crippen molar-refractivity contribution in [3.8, 4) is 0 Å². The van der Waals surface area contributed by atoms with Crippen LogP contribution in [0, 0.1) is 0 Å². The number of ketones is 3. The zero-order chi connectivity index (χ0) is 25.3. The molecular formula is C24H18Cl6O3. The Morgan fingerprint density at radius 2 is 1.03 bits per heavy atom. The molecular weight excluding hydrogens is 549 g/mol. The Hall–Kier alpha value is -1.59. The standard InChI is InChI=1S/3C8H6Cl2O/c1-5(11)6-2-7(9)4-8(10)3-6;1-5(11)7-3-2-6(9)4-8(7)10;1-5(11)6-2-3-7(9)8(10)4-6/h3*2-4H,1H3. The number of hydrogen-bond donors (Lipinski definition) is 0. The van der Waals surface area contributed by atoms with E-state index in [9.17, 15) is 14.4 Å². The van der Waals surface area contributed by atoms with Gasteiger partial charge in [0.1, 0.15) is 0 Å². The van der Waals surface area contributed by atoms with Crippen LogP contribution in [0.1, 0.15) is 51.8 Å². The van der Waals surface area contributed by atoms with Crippen molar-refractivity contribution in [1.29, 1.82) is 0 Å². The van der Waals surface area contributed by atoms with Crippen LogP contribution in [0.4, 0.5) is 0 Å². The van der Waals surface area contributed by atoms with Gasteiger partial charge in [-0.1, -0.05) is 69.6 Å². The van der Waals surface area contributed by atoms with E-state index in [2.05, 4.69) is 0 Å². The number of benzene rings is 3. The Labute approximate surface area is 222 Å². The fraction of sp³-hybridized carbons (Fsp3) is 0.125. The molecule has 0 aliphatic rings. The van der Waals surface area contributed by atoms with Gasteiger partial charge in [-0.05, 0) is 75.4 Å². The van der Waals surface area contributed by atoms with E-state index in [0.717, 1.165) is 0 Å². The van der Waals surface area contributed by atoms with Crippen molar-refractivity contribution < 1.29 is 14.4 Å². The number of carbonyl (C=O) groups excluding carboxylic acids is 3. The highest BCUT2D eigenvalue weighted by Crippen LogP contribution is 2.23. The Balaban J connectivity index is 0.000000247. The summed E-state index contributed by atoms with van der Waals surface area (Å²) in [4.78, 5) is 32.5. The summed E-state index contributed by atoms with van der Waals surface area (Å²) in [7, 11) is 0. The van der Waals surface area contributed by atoms with Crippen molar-refractivity contribution in [2.24, 2.45) is 0 Å². The van der Waals surface area contributed by atoms with Crippen molar-refractivity contribution in [3.63, 3.8) is 0 Å². The lowest BCUT2D eigenvalue weighted by atomic mass is 10.1. The summed E-state index contributed by atoms with van der Waals surface area (Å²) in [5, 5.41) is 2.81. The second-order valence-electron chi connectivity index (χ2n) is 6.58. The average molecular weight is 567 g/mol. The third-order valence-corrected chi connectivity index (χ3v) is 5.63. The molecule has 0 aliphatic carbocycles. The molecule has 0 spiro atoms. The summed E-state index contributed by atoms with van der Waals surface area (Å²) in [5.74, 6) is -0.0929. The Morgan fingerprint density at radius 3 is 1.45 bits per heavy atom. The summed E-state index contributed by atoms with van der Waals surface area (Å²) in [5.41, 5.74) is 1.64. The van der Waals surface area contributed by atoms with Gasteiger partial charge in [0.05, 0.1) is 15.1 Å². The molecule has 0 aliphatic heterocycles. The summed E-state index contributed by atoms with van der Waals surface area (Å²) in [6.07, 6.45) is 0. The molecule has 0 amide bonds. The van der Waals surface area contributed by atoms with Crippen LogP contribution < -0.4 is 0 Å². The minimum absolute atomic E-state index is 0.0106. The zero-order valence-electron chi connectivity index (χ0n) is 17.7. The molecule has 0 heterocycles. The molecule has 33 heavy (non-hydrogen) atoms. The number of carbonyl (C=O) groups is 3. The first-order chi connectivity index (χ1) is 15.3. The highest BCUT2D eigenvalue weighted by molar-refractivity contribution is 6.42. The van der Waals surface area contributed by atoms with E-state index in [4.69, 9.17) is 69.6 Å². The monoisotopic (exact) mass is 564 g/mol. The number of hydrogen-bond acceptors (Lipinski definition) is 3. The normalized spacial score (nSPS) is 9.73. The van der Waals surface area contributed by atoms with E-state index < -0.39 is 0 Å². The number of rotatable bonds is 3. The summed E-state index contributed by atoms with van der Waals surface area (Å²) < 4.78 is 0. The first-order valence-corrected chi connectivity index (χ1v) is 11.5. The molecule has 9 heteroatoms. The van der Waals surface area contributed by atoms with Crippen molar-refractivity contribution in [3.05, 3.63) is 101 Å². The van der Waals surface area contributed by atoms with E-state index in [0.29, 0.717) is 46.8 Å². The van der Waals surface area contributed by atoms with Gasteiger partial charge >= 0.3 is 0 Å². The molecule has 174 valence electrons. The molecule has 3 rings (SSSR count). The van der Waals surface area contributed by atoms with Gasteiger partial charge in [-0.3, -0.25) is 14.4 Å². The molecule has 3 aromatic rings. The van der Waals surface area contributed by atoms with Crippen molar-refractivity contribution in [2.45, 2.75) is 20.8 Å². The predicted octanol–water partition coefficient (Wildman–Crippen LogP) is 9.59. The minimum Gasteiger partial charge on any atom is -0.295 e. The van der Waals surface area contributed by atoms with Crippen LogP contribution in [0.25, 0.3) is 0 Å². The maximum Gasteiger partial charge on any atom is 0.161 e. The average Bonchev–Trinajstić information content (AvgIpc) is 2.70. The molecule has 0 saturated heterocycles. The quantitative estimate of drug-likeness (QED) is 0.296. The summed E-state index contributed by atoms with van der Waals surface area (Å²) in [6.45, 7) is 4.43. The van der Waals surface area contributed by atoms with E-state index in [1.54, 1.807) is 54.6 Å². The lowest BCUT2D eigenvalue weighted by Crippen LogP contribution is -1.91. The smallest absolute Gasteiger partial charge is 0.161 e. The summed E-state index contributed by atoms with van der Waals surface area (Å²) in [6, 6.07) is 14.4. The fourth-order valence-electron chi connectivity index (χ4n) is 2.25. The van der Waals surface area contributed by atoms with Crippen LogP contribution in [0.5, 0.6) is 0 Å². The molecule has 0 N–H and O–H groups in total. The van der Waals surface area contributed by atoms with E-state index in [1.165, 1.54) is 20.8 Å². The largest absolute Gasteiger partial charge is 0.295 e. The second kappa shape index (κ2) is 14.0. The molecule has 3 nitrogen and oxygen atoms in total. The predicted molar refractivity (Wildman–Crippen MR) is 139 cm³/mol. The van der Waals surface area contributed by atoms with Crippen molar-refractivity contribution in [1.82, 2.24) is 0 Å². The van der Waals surface area contributed by atoms with Crippen molar-refractivity contribution >= 4 is 87.0 Å². The Morgan fingerprint density at radius 1 is 0.485 bits per heavy atom. The van der Waals surface area contributed by atoms with Crippen LogP contribution in [0.15, 0.2) is 54.6 Å². The maximum absolute atomic E-state index is 10.8. The van der Waals surface area contributed by atoms with Gasteiger partial charge in [-0.25, -0.2) is 0 Å². The highest BCUT2D eigenvalue weighted by Gasteiger charge is 2.04. The maximum atomic E-state index is 10.8. The lowest BCUT2D eigenvalue weighted by Gasteiger charge is -1.98. The molecule has 0 fully saturated rings. The van der Waals surface area contributed by atoms with Gasteiger partial charge in [-0.15, -0.1) is 0 Å². The molecule has 0 bridgehead atoms. The molecule has 0 atom stereocenters. The van der Waals surface area contributed by atoms with Gasteiger partial charge in [0.25, 0.3) is 0 Å². The van der Waals surface area contributed by atoms with Crippen molar-refractivity contribution in [2.75, 3.05) is 0 Å². The van der Waals surface area contributed by atoms with Gasteiger partial charge in [-0.2, -0.15) is 0 Å². The molecule has 0 unspecified atom stereocenters. The first kappa shape index (κ1) is 29.4. The van der Waals surface area contributed by atoms with Crippen LogP contribution in [0.3, 0.4) is 0 Å². The van der Waals surface area contributed by atoms with E-state index in [-0.39, 0.29) is 17.3 Å². The molecule has 3 aromatic carbocycles. The number of halogens is 6. The third-order valence-electron chi connectivity index (χ3n) is 3.91. The highest BCUT2D eigenvalue weighted by atomic mass is 35.5. The molecule has 0 saturated carbocycles. The summed E-state index contributed by atoms with van der Waals surface area (Å²) >= 11 is 34.0.